The van der Waals surface area contributed by atoms with Crippen molar-refractivity contribution in [2.75, 3.05) is 0 Å². The lowest BCUT2D eigenvalue weighted by Gasteiger charge is -2.12. The second-order valence-corrected chi connectivity index (χ2v) is 5.61. The van der Waals surface area contributed by atoms with Gasteiger partial charge in [-0.2, -0.15) is 0 Å². The topological polar surface area (TPSA) is 98.5 Å². The van der Waals surface area contributed by atoms with E-state index >= 15 is 0 Å². The maximum atomic E-state index is 12.2. The second kappa shape index (κ2) is 6.16. The number of hydrogen-bond acceptors (Lipinski definition) is 4. The van der Waals surface area contributed by atoms with Crippen LogP contribution in [0.3, 0.4) is 0 Å². The molecule has 0 unspecified atom stereocenters. The average Bonchev–Trinajstić information content (AvgIpc) is 2.91. The first-order valence-corrected chi connectivity index (χ1v) is 7.48. The Labute approximate surface area is 138 Å². The molecule has 0 saturated carbocycles. The van der Waals surface area contributed by atoms with Crippen molar-refractivity contribution in [3.63, 3.8) is 0 Å². The molecule has 1 aliphatic carbocycles. The van der Waals surface area contributed by atoms with E-state index in [1.165, 1.54) is 18.1 Å². The largest absolute Gasteiger partial charge is 0.449 e. The lowest BCUT2D eigenvalue weighted by molar-refractivity contribution is -0.127. The molecule has 0 saturated heterocycles. The Morgan fingerprint density at radius 1 is 1.08 bits per heavy atom. The zero-order valence-corrected chi connectivity index (χ0v) is 13.0. The summed E-state index contributed by atoms with van der Waals surface area (Å²) in [5, 5.41) is 1.88. The van der Waals surface area contributed by atoms with Crippen molar-refractivity contribution in [2.24, 2.45) is 5.73 Å². The Bertz CT molecular complexity index is 845. The number of urea groups is 1. The van der Waals surface area contributed by atoms with Gasteiger partial charge in [-0.3, -0.25) is 10.1 Å². The standard InChI is InChI=1S/C18H16N2O4/c1-10(16(21)20-18(19)23)24-17(22)12-6-7-15-13(9-12)8-11-4-2-3-5-14(11)15/h2-7,9-10H,8H2,1H3,(H3,19,20,21,23)/t10-/m0/s1. The third-order valence-corrected chi connectivity index (χ3v) is 3.93. The summed E-state index contributed by atoms with van der Waals surface area (Å²) in [6.45, 7) is 1.37. The van der Waals surface area contributed by atoms with E-state index in [2.05, 4.69) is 12.1 Å². The predicted molar refractivity (Wildman–Crippen MR) is 87.3 cm³/mol. The lowest BCUT2D eigenvalue weighted by Crippen LogP contribution is -2.42. The van der Waals surface area contributed by atoms with Crippen LogP contribution in [0.4, 0.5) is 4.79 Å². The van der Waals surface area contributed by atoms with E-state index in [-0.39, 0.29) is 0 Å². The number of amides is 3. The Balaban J connectivity index is 1.75. The Hall–Kier alpha value is -3.15. The molecular weight excluding hydrogens is 308 g/mol. The maximum absolute atomic E-state index is 12.2. The van der Waals surface area contributed by atoms with Crippen molar-refractivity contribution in [3.05, 3.63) is 59.2 Å². The van der Waals surface area contributed by atoms with Gasteiger partial charge < -0.3 is 10.5 Å². The fourth-order valence-electron chi connectivity index (χ4n) is 2.78. The van der Waals surface area contributed by atoms with Gasteiger partial charge in [0.2, 0.25) is 0 Å². The number of nitrogens with one attached hydrogen (secondary N) is 1. The van der Waals surface area contributed by atoms with Gasteiger partial charge in [0.25, 0.3) is 5.91 Å². The van der Waals surface area contributed by atoms with Crippen LogP contribution in [0.1, 0.15) is 28.4 Å². The van der Waals surface area contributed by atoms with Crippen molar-refractivity contribution >= 4 is 17.9 Å². The molecule has 2 aromatic carbocycles. The minimum atomic E-state index is -1.12. The number of esters is 1. The molecular formula is C18H16N2O4. The molecule has 0 bridgehead atoms. The Morgan fingerprint density at radius 2 is 1.79 bits per heavy atom. The average molecular weight is 324 g/mol. The smallest absolute Gasteiger partial charge is 0.338 e. The summed E-state index contributed by atoms with van der Waals surface area (Å²) in [6, 6.07) is 12.4. The number of carbonyl (C=O) groups excluding carboxylic acids is 3. The van der Waals surface area contributed by atoms with E-state index < -0.39 is 24.0 Å². The van der Waals surface area contributed by atoms with E-state index in [0.717, 1.165) is 17.5 Å². The summed E-state index contributed by atoms with van der Waals surface area (Å²) in [6.07, 6.45) is -0.361. The van der Waals surface area contributed by atoms with Crippen LogP contribution >= 0.6 is 0 Å². The van der Waals surface area contributed by atoms with Crippen molar-refractivity contribution in [1.82, 2.24) is 5.32 Å². The maximum Gasteiger partial charge on any atom is 0.338 e. The normalized spacial score (nSPS) is 12.7. The first-order chi connectivity index (χ1) is 11.5. The first-order valence-electron chi connectivity index (χ1n) is 7.48. The highest BCUT2D eigenvalue weighted by molar-refractivity contribution is 5.98. The van der Waals surface area contributed by atoms with Crippen LogP contribution in [0.15, 0.2) is 42.5 Å². The number of benzene rings is 2. The van der Waals surface area contributed by atoms with Gasteiger partial charge in [-0.15, -0.1) is 0 Å². The Morgan fingerprint density at radius 3 is 2.54 bits per heavy atom. The summed E-state index contributed by atoms with van der Waals surface area (Å²) in [5.74, 6) is -1.38. The highest BCUT2D eigenvalue weighted by atomic mass is 16.5. The van der Waals surface area contributed by atoms with E-state index in [9.17, 15) is 14.4 Å². The zero-order valence-electron chi connectivity index (χ0n) is 13.0. The van der Waals surface area contributed by atoms with Gasteiger partial charge in [-0.25, -0.2) is 9.59 Å². The molecule has 3 N–H and O–H groups in total. The van der Waals surface area contributed by atoms with Crippen molar-refractivity contribution in [1.29, 1.82) is 0 Å². The van der Waals surface area contributed by atoms with E-state index in [4.69, 9.17) is 10.5 Å². The third-order valence-electron chi connectivity index (χ3n) is 3.93. The minimum absolute atomic E-state index is 0.361. The highest BCUT2D eigenvalue weighted by Crippen LogP contribution is 2.36. The second-order valence-electron chi connectivity index (χ2n) is 5.61. The van der Waals surface area contributed by atoms with E-state index in [1.54, 1.807) is 12.1 Å². The van der Waals surface area contributed by atoms with Gasteiger partial charge >= 0.3 is 12.0 Å². The van der Waals surface area contributed by atoms with Gasteiger partial charge in [0.15, 0.2) is 6.10 Å². The number of hydrogen-bond donors (Lipinski definition) is 2. The number of ether oxygens (including phenoxy) is 1. The van der Waals surface area contributed by atoms with Crippen molar-refractivity contribution in [3.8, 4) is 11.1 Å². The molecule has 24 heavy (non-hydrogen) atoms. The van der Waals surface area contributed by atoms with Crippen LogP contribution in [-0.2, 0) is 16.0 Å². The van der Waals surface area contributed by atoms with Gasteiger partial charge in [0.05, 0.1) is 5.56 Å². The fourth-order valence-corrected chi connectivity index (χ4v) is 2.78. The third kappa shape index (κ3) is 2.99. The van der Waals surface area contributed by atoms with E-state index in [1.807, 2.05) is 23.5 Å². The van der Waals surface area contributed by atoms with Crippen LogP contribution in [0.2, 0.25) is 0 Å². The molecule has 1 atom stereocenters. The summed E-state index contributed by atoms with van der Waals surface area (Å²) in [7, 11) is 0. The van der Waals surface area contributed by atoms with Crippen molar-refractivity contribution in [2.45, 2.75) is 19.4 Å². The molecule has 0 heterocycles. The van der Waals surface area contributed by atoms with Gasteiger partial charge in [0, 0.05) is 0 Å². The summed E-state index contributed by atoms with van der Waals surface area (Å²) >= 11 is 0. The Kier molecular flexibility index (Phi) is 4.04. The summed E-state index contributed by atoms with van der Waals surface area (Å²) < 4.78 is 5.08. The van der Waals surface area contributed by atoms with Gasteiger partial charge in [-0.1, -0.05) is 30.3 Å². The zero-order chi connectivity index (χ0) is 17.3. The molecule has 2 aromatic rings. The van der Waals surface area contributed by atoms with Crippen LogP contribution in [0.5, 0.6) is 0 Å². The lowest BCUT2D eigenvalue weighted by atomic mass is 10.0. The van der Waals surface area contributed by atoms with Crippen LogP contribution in [0, 0.1) is 0 Å². The molecule has 6 nitrogen and oxygen atoms in total. The quantitative estimate of drug-likeness (QED) is 0.720. The number of primary amides is 1. The van der Waals surface area contributed by atoms with Crippen LogP contribution < -0.4 is 11.1 Å². The predicted octanol–water partition coefficient (Wildman–Crippen LogP) is 2.00. The number of carbonyl (C=O) groups is 3. The SMILES string of the molecule is C[C@H](OC(=O)c1ccc2c(c1)Cc1ccccc1-2)C(=O)NC(N)=O. The molecule has 0 fully saturated rings. The summed E-state index contributed by atoms with van der Waals surface area (Å²) in [5.41, 5.74) is 9.75. The highest BCUT2D eigenvalue weighted by Gasteiger charge is 2.23. The number of fused-ring (bicyclic) bond motifs is 3. The van der Waals surface area contributed by atoms with Gasteiger partial charge in [0.1, 0.15) is 0 Å². The monoisotopic (exact) mass is 324 g/mol. The van der Waals surface area contributed by atoms with Crippen molar-refractivity contribution < 1.29 is 19.1 Å². The fraction of sp³-hybridized carbons (Fsp3) is 0.167. The molecule has 1 aliphatic rings. The van der Waals surface area contributed by atoms with Gasteiger partial charge in [-0.05, 0) is 47.7 Å². The number of nitrogens with two attached hydrogens (primary N) is 1. The van der Waals surface area contributed by atoms with Crippen LogP contribution in [-0.4, -0.2) is 24.0 Å². The number of rotatable bonds is 3. The molecule has 122 valence electrons. The molecule has 0 aliphatic heterocycles. The summed E-state index contributed by atoms with van der Waals surface area (Å²) in [4.78, 5) is 34.4. The number of imide groups is 1. The molecule has 3 amide bonds. The van der Waals surface area contributed by atoms with Crippen LogP contribution in [0.25, 0.3) is 11.1 Å². The molecule has 0 spiro atoms. The molecule has 3 rings (SSSR count). The van der Waals surface area contributed by atoms with E-state index in [0.29, 0.717) is 5.56 Å². The molecule has 0 radical (unpaired) electrons. The minimum Gasteiger partial charge on any atom is -0.449 e. The molecule has 0 aromatic heterocycles. The molecule has 6 heteroatoms. The first kappa shape index (κ1) is 15.7.